The largest absolute Gasteiger partial charge is 0.358 e. The third-order valence-corrected chi connectivity index (χ3v) is 2.39. The molecule has 3 nitrogen and oxygen atoms in total. The highest BCUT2D eigenvalue weighted by atomic mass is 14.9. The van der Waals surface area contributed by atoms with E-state index >= 15 is 0 Å². The van der Waals surface area contributed by atoms with Gasteiger partial charge in [0.15, 0.2) is 5.82 Å². The van der Waals surface area contributed by atoms with Crippen molar-refractivity contribution in [2.75, 3.05) is 0 Å². The Bertz CT molecular complexity index is 584. The fourth-order valence-electron chi connectivity index (χ4n) is 1.69. The molecule has 3 heteroatoms. The second-order valence-electron chi connectivity index (χ2n) is 3.32. The molecule has 0 saturated carbocycles. The summed E-state index contributed by atoms with van der Waals surface area (Å²) in [4.78, 5) is 11.7. The molecule has 0 bridgehead atoms. The van der Waals surface area contributed by atoms with Crippen molar-refractivity contribution in [1.29, 1.82) is 0 Å². The summed E-state index contributed by atoms with van der Waals surface area (Å²) in [5.41, 5.74) is 0.978. The van der Waals surface area contributed by atoms with Gasteiger partial charge in [-0.05, 0) is 11.5 Å². The topological polar surface area (TPSA) is 41.6 Å². The number of H-pyrrole nitrogens is 1. The van der Waals surface area contributed by atoms with Crippen LogP contribution in [0.4, 0.5) is 0 Å². The molecule has 2 heterocycles. The van der Waals surface area contributed by atoms with E-state index in [4.69, 9.17) is 0 Å². The molecule has 0 unspecified atom stereocenters. The maximum absolute atomic E-state index is 4.23. The molecular weight excluding hydrogens is 186 g/mol. The van der Waals surface area contributed by atoms with Gasteiger partial charge < -0.3 is 4.98 Å². The normalized spacial score (nSPS) is 10.7. The number of aromatic nitrogens is 3. The van der Waals surface area contributed by atoms with E-state index in [1.165, 1.54) is 5.39 Å². The van der Waals surface area contributed by atoms with E-state index in [1.54, 1.807) is 12.4 Å². The number of nitrogens with zero attached hydrogens (tertiary/aromatic N) is 2. The van der Waals surface area contributed by atoms with Crippen molar-refractivity contribution >= 4 is 10.8 Å². The van der Waals surface area contributed by atoms with E-state index in [1.807, 2.05) is 24.4 Å². The minimum atomic E-state index is 0.735. The zero-order valence-electron chi connectivity index (χ0n) is 8.01. The smallest absolute Gasteiger partial charge is 0.176 e. The van der Waals surface area contributed by atoms with Gasteiger partial charge in [-0.25, -0.2) is 9.97 Å². The lowest BCUT2D eigenvalue weighted by atomic mass is 10.2. The van der Waals surface area contributed by atoms with Gasteiger partial charge in [-0.1, -0.05) is 24.3 Å². The van der Waals surface area contributed by atoms with E-state index in [0.717, 1.165) is 16.9 Å². The van der Waals surface area contributed by atoms with Crippen molar-refractivity contribution in [2.24, 2.45) is 0 Å². The Morgan fingerprint density at radius 2 is 1.73 bits per heavy atom. The van der Waals surface area contributed by atoms with Crippen molar-refractivity contribution in [1.82, 2.24) is 15.0 Å². The van der Waals surface area contributed by atoms with Gasteiger partial charge >= 0.3 is 0 Å². The summed E-state index contributed by atoms with van der Waals surface area (Å²) in [6.45, 7) is 0. The quantitative estimate of drug-likeness (QED) is 0.648. The molecule has 0 spiro atoms. The third kappa shape index (κ3) is 1.29. The molecule has 0 radical (unpaired) electrons. The Morgan fingerprint density at radius 1 is 0.933 bits per heavy atom. The highest BCUT2D eigenvalue weighted by molar-refractivity contribution is 5.93. The molecule has 0 aliphatic carbocycles. The van der Waals surface area contributed by atoms with Crippen LogP contribution in [0, 0.1) is 0 Å². The maximum atomic E-state index is 4.23. The molecule has 0 atom stereocenters. The molecule has 3 aromatic rings. The molecule has 1 N–H and O–H groups in total. The van der Waals surface area contributed by atoms with Crippen molar-refractivity contribution in [3.63, 3.8) is 0 Å². The molecular formula is C12H9N3. The molecule has 0 saturated heterocycles. The lowest BCUT2D eigenvalue weighted by Crippen LogP contribution is -1.86. The number of rotatable bonds is 1. The number of hydrogen-bond donors (Lipinski definition) is 1. The lowest BCUT2D eigenvalue weighted by molar-refractivity contribution is 1.16. The number of benzene rings is 1. The van der Waals surface area contributed by atoms with Crippen LogP contribution in [0.25, 0.3) is 22.3 Å². The Hall–Kier alpha value is -2.16. The van der Waals surface area contributed by atoms with Gasteiger partial charge in [0.25, 0.3) is 0 Å². The van der Waals surface area contributed by atoms with Crippen LogP contribution in [0.15, 0.2) is 48.9 Å². The first-order valence-corrected chi connectivity index (χ1v) is 4.78. The Morgan fingerprint density at radius 3 is 2.60 bits per heavy atom. The molecule has 2 aromatic heterocycles. The Kier molecular flexibility index (Phi) is 1.75. The highest BCUT2D eigenvalue weighted by Crippen LogP contribution is 2.24. The van der Waals surface area contributed by atoms with E-state index in [-0.39, 0.29) is 0 Å². The van der Waals surface area contributed by atoms with Crippen LogP contribution in [0.3, 0.4) is 0 Å². The molecule has 3 rings (SSSR count). The third-order valence-electron chi connectivity index (χ3n) is 2.39. The van der Waals surface area contributed by atoms with Crippen molar-refractivity contribution in [2.45, 2.75) is 0 Å². The van der Waals surface area contributed by atoms with Crippen molar-refractivity contribution < 1.29 is 0 Å². The number of aromatic amines is 1. The van der Waals surface area contributed by atoms with Crippen LogP contribution in [-0.4, -0.2) is 15.0 Å². The average molecular weight is 195 g/mol. The highest BCUT2D eigenvalue weighted by Gasteiger charge is 2.06. The fraction of sp³-hybridized carbons (Fsp3) is 0. The van der Waals surface area contributed by atoms with Gasteiger partial charge in [-0.15, -0.1) is 0 Å². The van der Waals surface area contributed by atoms with Crippen LogP contribution in [0.1, 0.15) is 0 Å². The van der Waals surface area contributed by atoms with E-state index in [9.17, 15) is 0 Å². The first-order chi connectivity index (χ1) is 7.45. The molecule has 0 amide bonds. The lowest BCUT2D eigenvalue weighted by Gasteiger charge is -1.96. The first-order valence-electron chi connectivity index (χ1n) is 4.78. The minimum Gasteiger partial charge on any atom is -0.358 e. The number of hydrogen-bond acceptors (Lipinski definition) is 2. The molecule has 72 valence electrons. The molecule has 0 aliphatic rings. The monoisotopic (exact) mass is 195 g/mol. The van der Waals surface area contributed by atoms with E-state index in [2.05, 4.69) is 27.1 Å². The second-order valence-corrected chi connectivity index (χ2v) is 3.32. The average Bonchev–Trinajstić information content (AvgIpc) is 2.74. The summed E-state index contributed by atoms with van der Waals surface area (Å²) < 4.78 is 0. The van der Waals surface area contributed by atoms with Gasteiger partial charge in [0.1, 0.15) is 0 Å². The van der Waals surface area contributed by atoms with Gasteiger partial charge in [0.2, 0.25) is 0 Å². The minimum absolute atomic E-state index is 0.735. The van der Waals surface area contributed by atoms with Crippen LogP contribution in [0.5, 0.6) is 0 Å². The SMILES string of the molecule is c1cnc(-c2[nH]cc3ccccc23)nc1. The van der Waals surface area contributed by atoms with E-state index < -0.39 is 0 Å². The number of nitrogens with one attached hydrogen (secondary N) is 1. The zero-order valence-corrected chi connectivity index (χ0v) is 8.01. The molecule has 0 fully saturated rings. The first kappa shape index (κ1) is 8.17. The molecule has 15 heavy (non-hydrogen) atoms. The van der Waals surface area contributed by atoms with Crippen molar-refractivity contribution in [3.8, 4) is 11.5 Å². The summed E-state index contributed by atoms with van der Waals surface area (Å²) >= 11 is 0. The van der Waals surface area contributed by atoms with Gasteiger partial charge in [0, 0.05) is 24.0 Å². The van der Waals surface area contributed by atoms with Gasteiger partial charge in [0.05, 0.1) is 5.69 Å². The molecule has 1 aromatic carbocycles. The van der Waals surface area contributed by atoms with Crippen LogP contribution >= 0.6 is 0 Å². The predicted molar refractivity (Wildman–Crippen MR) is 59.3 cm³/mol. The van der Waals surface area contributed by atoms with Gasteiger partial charge in [-0.3, -0.25) is 0 Å². The number of fused-ring (bicyclic) bond motifs is 1. The summed E-state index contributed by atoms with van der Waals surface area (Å²) in [6, 6.07) is 9.98. The summed E-state index contributed by atoms with van der Waals surface area (Å²) in [5, 5.41) is 2.34. The summed E-state index contributed by atoms with van der Waals surface area (Å²) in [6.07, 6.45) is 5.47. The summed E-state index contributed by atoms with van der Waals surface area (Å²) in [7, 11) is 0. The predicted octanol–water partition coefficient (Wildman–Crippen LogP) is 2.62. The van der Waals surface area contributed by atoms with Crippen LogP contribution in [0.2, 0.25) is 0 Å². The van der Waals surface area contributed by atoms with Gasteiger partial charge in [-0.2, -0.15) is 0 Å². The van der Waals surface area contributed by atoms with E-state index in [0.29, 0.717) is 0 Å². The van der Waals surface area contributed by atoms with Crippen LogP contribution < -0.4 is 0 Å². The Balaban J connectivity index is 2.28. The maximum Gasteiger partial charge on any atom is 0.176 e. The standard InChI is InChI=1S/C12H9N3/c1-2-5-10-9(4-1)8-15-11(10)12-13-6-3-7-14-12/h1-8,15H. The van der Waals surface area contributed by atoms with Crippen molar-refractivity contribution in [3.05, 3.63) is 48.9 Å². The second kappa shape index (κ2) is 3.20. The van der Waals surface area contributed by atoms with Crippen LogP contribution in [-0.2, 0) is 0 Å². The fourth-order valence-corrected chi connectivity index (χ4v) is 1.69. The summed E-state index contributed by atoms with van der Waals surface area (Å²) in [5.74, 6) is 0.735. The Labute approximate surface area is 86.8 Å². The molecule has 0 aliphatic heterocycles. The zero-order chi connectivity index (χ0) is 10.1.